The molecule has 2 aliphatic carbocycles. The van der Waals surface area contributed by atoms with E-state index in [2.05, 4.69) is 13.5 Å². The predicted molar refractivity (Wildman–Crippen MR) is 157 cm³/mol. The van der Waals surface area contributed by atoms with Gasteiger partial charge in [-0.1, -0.05) is 126 Å². The van der Waals surface area contributed by atoms with E-state index in [0.717, 1.165) is 48.6 Å². The van der Waals surface area contributed by atoms with Gasteiger partial charge in [0.1, 0.15) is 5.76 Å². The number of benzene rings is 2. The Balaban J connectivity index is 1.48. The number of rotatable bonds is 16. The molecular weight excluding hydrogens is 484 g/mol. The van der Waals surface area contributed by atoms with Gasteiger partial charge in [0.2, 0.25) is 6.29 Å². The van der Waals surface area contributed by atoms with Crippen molar-refractivity contribution in [2.24, 2.45) is 11.8 Å². The molecule has 2 aliphatic rings. The van der Waals surface area contributed by atoms with Crippen LogP contribution in [0.4, 0.5) is 0 Å². The number of esters is 1. The summed E-state index contributed by atoms with van der Waals surface area (Å²) in [5.74, 6) is 1.83. The first-order valence-corrected chi connectivity index (χ1v) is 15.4. The minimum Gasteiger partial charge on any atom is -0.492 e. The van der Waals surface area contributed by atoms with Gasteiger partial charge in [-0.3, -0.25) is 4.79 Å². The number of carbonyl (C=O) groups is 1. The molecule has 212 valence electrons. The Kier molecular flexibility index (Phi) is 11.1. The third-order valence-electron chi connectivity index (χ3n) is 8.53. The van der Waals surface area contributed by atoms with Crippen LogP contribution in [0.3, 0.4) is 0 Å². The molecule has 0 saturated heterocycles. The molecule has 0 aromatic heterocycles. The highest BCUT2D eigenvalue weighted by Crippen LogP contribution is 2.47. The van der Waals surface area contributed by atoms with Crippen LogP contribution in [0, 0.1) is 11.8 Å². The van der Waals surface area contributed by atoms with Crippen LogP contribution in [0.25, 0.3) is 0 Å². The van der Waals surface area contributed by atoms with Crippen molar-refractivity contribution in [3.63, 3.8) is 0 Å². The third-order valence-corrected chi connectivity index (χ3v) is 8.53. The van der Waals surface area contributed by atoms with E-state index in [1.807, 2.05) is 60.7 Å². The topological polar surface area (TPSA) is 44.8 Å². The van der Waals surface area contributed by atoms with Crippen molar-refractivity contribution in [1.82, 2.24) is 0 Å². The third kappa shape index (κ3) is 7.97. The molecule has 4 rings (SSSR count). The molecule has 2 aromatic carbocycles. The van der Waals surface area contributed by atoms with Gasteiger partial charge < -0.3 is 14.2 Å². The second kappa shape index (κ2) is 14.7. The maximum absolute atomic E-state index is 12.8. The van der Waals surface area contributed by atoms with Gasteiger partial charge in [-0.2, -0.15) is 0 Å². The fraction of sp³-hybridized carbons (Fsp3) is 0.571. The first kappa shape index (κ1) is 29.4. The van der Waals surface area contributed by atoms with Crippen LogP contribution < -0.4 is 0 Å². The summed E-state index contributed by atoms with van der Waals surface area (Å²) in [6.45, 7) is 8.51. The molecule has 0 N–H and O–H groups in total. The molecule has 2 fully saturated rings. The van der Waals surface area contributed by atoms with Crippen molar-refractivity contribution in [3.05, 3.63) is 84.1 Å². The van der Waals surface area contributed by atoms with Gasteiger partial charge in [0.15, 0.2) is 5.60 Å². The minimum atomic E-state index is -1.10. The SMILES string of the molecule is C=C(OC1CC2CCC(C2)C1)C(OC(C)OC(=O)CCCCCCCCC)(c1ccccc1)c1ccccc1. The largest absolute Gasteiger partial charge is 0.492 e. The smallest absolute Gasteiger partial charge is 0.308 e. The van der Waals surface area contributed by atoms with Gasteiger partial charge in [-0.15, -0.1) is 0 Å². The van der Waals surface area contributed by atoms with E-state index in [0.29, 0.717) is 12.2 Å². The van der Waals surface area contributed by atoms with Crippen LogP contribution >= 0.6 is 0 Å². The standard InChI is InChI=1S/C35H48O4/c1-4-5-6-7-8-9-16-21-34(36)38-28(3)39-35(31-17-12-10-13-18-31,32-19-14-11-15-20-32)27(2)37-33-25-29-22-23-30(24-29)26-33/h10-15,17-20,28-30,33H,2,4-9,16,21-26H2,1,3H3. The summed E-state index contributed by atoms with van der Waals surface area (Å²) in [6.07, 6.45) is 14.0. The van der Waals surface area contributed by atoms with Crippen molar-refractivity contribution >= 4 is 5.97 Å². The van der Waals surface area contributed by atoms with E-state index in [1.54, 1.807) is 6.92 Å². The highest BCUT2D eigenvalue weighted by Gasteiger charge is 2.44. The summed E-state index contributed by atoms with van der Waals surface area (Å²) in [5.41, 5.74) is 0.725. The quantitative estimate of drug-likeness (QED) is 0.0936. The fourth-order valence-corrected chi connectivity index (χ4v) is 6.61. The molecule has 2 aromatic rings. The first-order valence-electron chi connectivity index (χ1n) is 15.4. The molecule has 4 nitrogen and oxygen atoms in total. The number of ether oxygens (including phenoxy) is 3. The number of hydrogen-bond acceptors (Lipinski definition) is 4. The molecule has 0 radical (unpaired) electrons. The van der Waals surface area contributed by atoms with E-state index in [4.69, 9.17) is 14.2 Å². The van der Waals surface area contributed by atoms with Crippen LogP contribution in [0.2, 0.25) is 0 Å². The fourth-order valence-electron chi connectivity index (χ4n) is 6.61. The molecular formula is C35H48O4. The second-order valence-corrected chi connectivity index (χ2v) is 11.6. The molecule has 0 spiro atoms. The summed E-state index contributed by atoms with van der Waals surface area (Å²) in [4.78, 5) is 12.8. The second-order valence-electron chi connectivity index (χ2n) is 11.6. The average molecular weight is 533 g/mol. The molecule has 3 unspecified atom stereocenters. The lowest BCUT2D eigenvalue weighted by atomic mass is 9.83. The molecule has 2 saturated carbocycles. The highest BCUT2D eigenvalue weighted by atomic mass is 16.7. The zero-order chi connectivity index (χ0) is 27.5. The Morgan fingerprint density at radius 3 is 1.95 bits per heavy atom. The van der Waals surface area contributed by atoms with Gasteiger partial charge in [-0.25, -0.2) is 0 Å². The summed E-state index contributed by atoms with van der Waals surface area (Å²) in [7, 11) is 0. The molecule has 2 bridgehead atoms. The van der Waals surface area contributed by atoms with Gasteiger partial charge in [0.25, 0.3) is 0 Å². The monoisotopic (exact) mass is 532 g/mol. The van der Waals surface area contributed by atoms with E-state index in [-0.39, 0.29) is 12.1 Å². The van der Waals surface area contributed by atoms with Crippen molar-refractivity contribution in [2.45, 2.75) is 115 Å². The van der Waals surface area contributed by atoms with E-state index >= 15 is 0 Å². The number of fused-ring (bicyclic) bond motifs is 2. The number of unbranched alkanes of at least 4 members (excludes halogenated alkanes) is 6. The zero-order valence-corrected chi connectivity index (χ0v) is 24.1. The Hall–Kier alpha value is -2.59. The van der Waals surface area contributed by atoms with E-state index < -0.39 is 11.9 Å². The zero-order valence-electron chi connectivity index (χ0n) is 24.1. The normalized spacial score (nSPS) is 21.3. The maximum Gasteiger partial charge on any atom is 0.308 e. The summed E-state index contributed by atoms with van der Waals surface area (Å²) in [5, 5.41) is 0. The van der Waals surface area contributed by atoms with Crippen molar-refractivity contribution < 1.29 is 19.0 Å². The Bertz CT molecular complexity index is 966. The van der Waals surface area contributed by atoms with Crippen LogP contribution in [0.15, 0.2) is 73.0 Å². The van der Waals surface area contributed by atoms with Crippen LogP contribution in [0.1, 0.15) is 108 Å². The minimum absolute atomic E-state index is 0.134. The van der Waals surface area contributed by atoms with Gasteiger partial charge in [-0.05, 0) is 55.6 Å². The maximum atomic E-state index is 12.8. The van der Waals surface area contributed by atoms with Gasteiger partial charge >= 0.3 is 5.97 Å². The molecule has 4 heteroatoms. The van der Waals surface area contributed by atoms with Crippen molar-refractivity contribution in [3.8, 4) is 0 Å². The lowest BCUT2D eigenvalue weighted by molar-refractivity contribution is -0.203. The summed E-state index contributed by atoms with van der Waals surface area (Å²) >= 11 is 0. The highest BCUT2D eigenvalue weighted by molar-refractivity contribution is 5.69. The summed E-state index contributed by atoms with van der Waals surface area (Å²) in [6, 6.07) is 20.2. The number of carbonyl (C=O) groups excluding carboxylic acids is 1. The van der Waals surface area contributed by atoms with Gasteiger partial charge in [0.05, 0.1) is 6.10 Å². The summed E-state index contributed by atoms with van der Waals surface area (Å²) < 4.78 is 19.3. The van der Waals surface area contributed by atoms with Crippen LogP contribution in [-0.2, 0) is 24.6 Å². The Morgan fingerprint density at radius 2 is 1.38 bits per heavy atom. The number of hydrogen-bond donors (Lipinski definition) is 0. The Labute approximate surface area is 236 Å². The van der Waals surface area contributed by atoms with E-state index in [9.17, 15) is 4.79 Å². The van der Waals surface area contributed by atoms with Crippen molar-refractivity contribution in [1.29, 1.82) is 0 Å². The predicted octanol–water partition coefficient (Wildman–Crippen LogP) is 9.09. The molecule has 0 amide bonds. The van der Waals surface area contributed by atoms with Crippen molar-refractivity contribution in [2.75, 3.05) is 0 Å². The molecule has 39 heavy (non-hydrogen) atoms. The van der Waals surface area contributed by atoms with Gasteiger partial charge in [0, 0.05) is 6.42 Å². The van der Waals surface area contributed by atoms with E-state index in [1.165, 1.54) is 51.4 Å². The van der Waals surface area contributed by atoms with Crippen LogP contribution in [0.5, 0.6) is 0 Å². The lowest BCUT2D eigenvalue weighted by Gasteiger charge is -2.40. The molecule has 0 heterocycles. The average Bonchev–Trinajstić information content (AvgIpc) is 3.29. The lowest BCUT2D eigenvalue weighted by Crippen LogP contribution is -2.40. The molecule has 0 aliphatic heterocycles. The Morgan fingerprint density at radius 1 is 0.846 bits per heavy atom. The molecule has 3 atom stereocenters. The first-order chi connectivity index (χ1) is 19.0. The van der Waals surface area contributed by atoms with Crippen LogP contribution in [-0.4, -0.2) is 18.4 Å².